The molecule has 0 saturated heterocycles. The van der Waals surface area contributed by atoms with Crippen molar-refractivity contribution in [1.29, 1.82) is 0 Å². The Labute approximate surface area is 103 Å². The van der Waals surface area contributed by atoms with Gasteiger partial charge in [0.1, 0.15) is 0 Å². The Balaban J connectivity index is 2.59. The number of cyclic esters (lactones) is 2. The Morgan fingerprint density at radius 1 is 1.28 bits per heavy atom. The van der Waals surface area contributed by atoms with Crippen LogP contribution in [-0.4, -0.2) is 42.4 Å². The van der Waals surface area contributed by atoms with E-state index in [0.29, 0.717) is 11.1 Å². The third-order valence-electron chi connectivity index (χ3n) is 2.52. The number of carbonyl (C=O) groups excluding carboxylic acids is 2. The summed E-state index contributed by atoms with van der Waals surface area (Å²) in [5.41, 5.74) is 1.16. The van der Waals surface area contributed by atoms with Crippen LogP contribution in [0.4, 0.5) is 0 Å². The summed E-state index contributed by atoms with van der Waals surface area (Å²) in [6.07, 6.45) is 1.47. The minimum absolute atomic E-state index is 0.130. The molecule has 0 amide bonds. The van der Waals surface area contributed by atoms with Gasteiger partial charge in [-0.25, -0.2) is 9.59 Å². The van der Waals surface area contributed by atoms with E-state index in [1.807, 2.05) is 0 Å². The molecule has 1 N–H and O–H groups in total. The molecule has 0 bridgehead atoms. The number of benzene rings is 1. The van der Waals surface area contributed by atoms with E-state index in [9.17, 15) is 9.59 Å². The van der Waals surface area contributed by atoms with E-state index in [1.54, 1.807) is 31.2 Å². The molecule has 0 aromatic heterocycles. The third-order valence-corrected chi connectivity index (χ3v) is 2.52. The fraction of sp³-hybridized carbons (Fsp3) is 0.250. The average Bonchev–Trinajstić information content (AvgIpc) is 2.63. The van der Waals surface area contributed by atoms with Crippen LogP contribution in [0.1, 0.15) is 31.8 Å². The highest BCUT2D eigenvalue weighted by atomic mass is 16.6. The summed E-state index contributed by atoms with van der Waals surface area (Å²) in [6, 6.07) is 3.20. The van der Waals surface area contributed by atoms with Crippen LogP contribution >= 0.6 is 0 Å². The van der Waals surface area contributed by atoms with E-state index in [0.717, 1.165) is 0 Å². The second-order valence-corrected chi connectivity index (χ2v) is 3.99. The number of aliphatic hydroxyl groups excluding tert-OH is 1. The minimum Gasteiger partial charge on any atom is -0.392 e. The Hall–Kier alpha value is -2.21. The Morgan fingerprint density at radius 2 is 1.94 bits per heavy atom. The van der Waals surface area contributed by atoms with Crippen molar-refractivity contribution >= 4 is 18.2 Å². The molecule has 1 aromatic carbocycles. The van der Waals surface area contributed by atoms with Crippen LogP contribution in [0.25, 0.3) is 0 Å². The maximum Gasteiger partial charge on any atom is 0.347 e. The Morgan fingerprint density at radius 3 is 2.56 bits per heavy atom. The van der Waals surface area contributed by atoms with Gasteiger partial charge in [0, 0.05) is 19.7 Å². The van der Waals surface area contributed by atoms with Crippen molar-refractivity contribution in [3.05, 3.63) is 34.4 Å². The fourth-order valence-electron chi connectivity index (χ4n) is 1.72. The highest BCUT2D eigenvalue weighted by Gasteiger charge is 2.34. The Bertz CT molecular complexity index is 549. The van der Waals surface area contributed by atoms with Gasteiger partial charge in [0.05, 0.1) is 23.9 Å². The first kappa shape index (κ1) is 12.3. The van der Waals surface area contributed by atoms with E-state index in [1.165, 1.54) is 6.21 Å². The molecule has 0 atom stereocenters. The van der Waals surface area contributed by atoms with Crippen molar-refractivity contribution in [3.8, 4) is 0 Å². The first-order valence-corrected chi connectivity index (χ1v) is 5.29. The number of aliphatic hydroxyl groups is 1. The van der Waals surface area contributed by atoms with Crippen LogP contribution in [-0.2, 0) is 11.3 Å². The van der Waals surface area contributed by atoms with Crippen molar-refractivity contribution in [2.45, 2.75) is 6.61 Å². The molecule has 2 rings (SSSR count). The topological polar surface area (TPSA) is 79.2 Å². The van der Waals surface area contributed by atoms with Gasteiger partial charge in [-0.3, -0.25) is 0 Å². The van der Waals surface area contributed by atoms with Crippen LogP contribution in [0.5, 0.6) is 0 Å². The fourth-order valence-corrected chi connectivity index (χ4v) is 1.72. The van der Waals surface area contributed by atoms with Crippen LogP contribution in [0.2, 0.25) is 0 Å². The lowest BCUT2D eigenvalue weighted by Crippen LogP contribution is -2.06. The standard InChI is InChI=1S/C12H12N2O4/c1-14(2)13-5-7-3-4-8(6-15)10-9(7)11(16)18-12(10)17/h3-5,15H,6H2,1-2H3/b13-5-. The average molecular weight is 248 g/mol. The molecule has 0 radical (unpaired) electrons. The van der Waals surface area contributed by atoms with Crippen molar-refractivity contribution in [2.75, 3.05) is 14.1 Å². The number of nitrogens with zero attached hydrogens (tertiary/aromatic N) is 2. The third kappa shape index (κ3) is 1.98. The molecule has 1 heterocycles. The maximum absolute atomic E-state index is 11.6. The second-order valence-electron chi connectivity index (χ2n) is 3.99. The lowest BCUT2D eigenvalue weighted by Gasteiger charge is -2.06. The summed E-state index contributed by atoms with van der Waals surface area (Å²) in [6.45, 7) is -0.324. The highest BCUT2D eigenvalue weighted by molar-refractivity contribution is 6.18. The molecule has 6 nitrogen and oxygen atoms in total. The number of hydrazone groups is 1. The summed E-state index contributed by atoms with van der Waals surface area (Å²) in [7, 11) is 3.48. The summed E-state index contributed by atoms with van der Waals surface area (Å²) >= 11 is 0. The van der Waals surface area contributed by atoms with Gasteiger partial charge in [-0.2, -0.15) is 5.10 Å². The minimum atomic E-state index is -0.723. The number of fused-ring (bicyclic) bond motifs is 1. The molecule has 0 saturated carbocycles. The molecule has 0 aliphatic carbocycles. The van der Waals surface area contributed by atoms with Gasteiger partial charge in [0.2, 0.25) is 0 Å². The van der Waals surface area contributed by atoms with Crippen molar-refractivity contribution in [1.82, 2.24) is 5.01 Å². The number of ether oxygens (including phenoxy) is 1. The highest BCUT2D eigenvalue weighted by Crippen LogP contribution is 2.26. The van der Waals surface area contributed by atoms with Crippen molar-refractivity contribution in [3.63, 3.8) is 0 Å². The number of esters is 2. The zero-order chi connectivity index (χ0) is 13.3. The Kier molecular flexibility index (Phi) is 3.12. The monoisotopic (exact) mass is 248 g/mol. The van der Waals surface area contributed by atoms with Gasteiger partial charge in [0.25, 0.3) is 0 Å². The molecule has 0 spiro atoms. The SMILES string of the molecule is CN(C)/N=C\c1ccc(CO)c2c1C(=O)OC2=O. The lowest BCUT2D eigenvalue weighted by molar-refractivity contribution is 0.0442. The van der Waals surface area contributed by atoms with Crippen molar-refractivity contribution < 1.29 is 19.4 Å². The van der Waals surface area contributed by atoms with Gasteiger partial charge in [-0.05, 0) is 5.56 Å². The number of hydrogen-bond acceptors (Lipinski definition) is 6. The smallest absolute Gasteiger partial charge is 0.347 e. The zero-order valence-electron chi connectivity index (χ0n) is 10.0. The molecule has 1 aliphatic rings. The predicted molar refractivity (Wildman–Crippen MR) is 63.4 cm³/mol. The summed E-state index contributed by atoms with van der Waals surface area (Å²) in [4.78, 5) is 23.1. The second kappa shape index (κ2) is 4.58. The molecule has 1 aromatic rings. The lowest BCUT2D eigenvalue weighted by atomic mass is 9.98. The molecule has 94 valence electrons. The molecule has 1 aliphatic heterocycles. The van der Waals surface area contributed by atoms with Crippen molar-refractivity contribution in [2.24, 2.45) is 5.10 Å². The number of carbonyl (C=O) groups is 2. The van der Waals surface area contributed by atoms with E-state index < -0.39 is 11.9 Å². The summed E-state index contributed by atoms with van der Waals surface area (Å²) < 4.78 is 4.56. The molecular formula is C12H12N2O4. The van der Waals surface area contributed by atoms with Crippen LogP contribution in [0, 0.1) is 0 Å². The van der Waals surface area contributed by atoms with Crippen LogP contribution in [0.3, 0.4) is 0 Å². The van der Waals surface area contributed by atoms with Gasteiger partial charge in [-0.15, -0.1) is 0 Å². The number of hydrogen-bond donors (Lipinski definition) is 1. The van der Waals surface area contributed by atoms with Gasteiger partial charge in [-0.1, -0.05) is 12.1 Å². The van der Waals surface area contributed by atoms with E-state index in [4.69, 9.17) is 5.11 Å². The van der Waals surface area contributed by atoms with E-state index in [-0.39, 0.29) is 17.7 Å². The zero-order valence-corrected chi connectivity index (χ0v) is 10.0. The van der Waals surface area contributed by atoms with Crippen LogP contribution < -0.4 is 0 Å². The van der Waals surface area contributed by atoms with E-state index >= 15 is 0 Å². The van der Waals surface area contributed by atoms with Crippen LogP contribution in [0.15, 0.2) is 17.2 Å². The maximum atomic E-state index is 11.6. The van der Waals surface area contributed by atoms with E-state index in [2.05, 4.69) is 9.84 Å². The van der Waals surface area contributed by atoms with Gasteiger partial charge in [0.15, 0.2) is 0 Å². The largest absolute Gasteiger partial charge is 0.392 e. The summed E-state index contributed by atoms with van der Waals surface area (Å²) in [5.74, 6) is -1.43. The summed E-state index contributed by atoms with van der Waals surface area (Å²) in [5, 5.41) is 14.7. The molecular weight excluding hydrogens is 236 g/mol. The molecule has 0 unspecified atom stereocenters. The molecule has 18 heavy (non-hydrogen) atoms. The first-order valence-electron chi connectivity index (χ1n) is 5.29. The quantitative estimate of drug-likeness (QED) is 0.362. The molecule has 6 heteroatoms. The predicted octanol–water partition coefficient (Wildman–Crippen LogP) is 0.385. The normalized spacial score (nSPS) is 13.9. The van der Waals surface area contributed by atoms with Gasteiger partial charge < -0.3 is 14.9 Å². The molecule has 0 fully saturated rings. The van der Waals surface area contributed by atoms with Gasteiger partial charge >= 0.3 is 11.9 Å². The number of rotatable bonds is 3. The first-order chi connectivity index (χ1) is 8.54.